The van der Waals surface area contributed by atoms with Crippen molar-refractivity contribution in [3.63, 3.8) is 0 Å². The SMILES string of the molecule is CCS(=O)(=O)N1CCc2ccc(NC(=O)c3cccc(C(F)(F)F)c3)cc2C1. The summed E-state index contributed by atoms with van der Waals surface area (Å²) in [7, 11) is -3.32. The molecule has 1 aliphatic rings. The monoisotopic (exact) mass is 412 g/mol. The van der Waals surface area contributed by atoms with Crippen LogP contribution in [-0.2, 0) is 29.2 Å². The van der Waals surface area contributed by atoms with E-state index < -0.39 is 27.7 Å². The second kappa shape index (κ2) is 7.56. The van der Waals surface area contributed by atoms with Crippen LogP contribution in [-0.4, -0.2) is 30.9 Å². The molecule has 150 valence electrons. The Labute approximate surface area is 161 Å². The first kappa shape index (κ1) is 20.3. The Kier molecular flexibility index (Phi) is 5.49. The summed E-state index contributed by atoms with van der Waals surface area (Å²) in [5.74, 6) is -0.659. The average Bonchev–Trinajstić information content (AvgIpc) is 2.66. The second-order valence-electron chi connectivity index (χ2n) is 6.50. The van der Waals surface area contributed by atoms with E-state index in [0.29, 0.717) is 18.7 Å². The van der Waals surface area contributed by atoms with E-state index in [2.05, 4.69) is 5.32 Å². The number of hydrogen-bond donors (Lipinski definition) is 1. The van der Waals surface area contributed by atoms with Crippen molar-refractivity contribution in [2.24, 2.45) is 0 Å². The molecule has 9 heteroatoms. The molecule has 0 bridgehead atoms. The molecule has 2 aromatic carbocycles. The molecule has 5 nitrogen and oxygen atoms in total. The number of sulfonamides is 1. The molecule has 0 radical (unpaired) electrons. The molecule has 0 aromatic heterocycles. The maximum atomic E-state index is 12.8. The largest absolute Gasteiger partial charge is 0.416 e. The van der Waals surface area contributed by atoms with E-state index in [9.17, 15) is 26.4 Å². The van der Waals surface area contributed by atoms with Crippen molar-refractivity contribution < 1.29 is 26.4 Å². The molecule has 1 amide bonds. The van der Waals surface area contributed by atoms with Crippen LogP contribution in [0.1, 0.15) is 34.0 Å². The van der Waals surface area contributed by atoms with Crippen LogP contribution in [0.5, 0.6) is 0 Å². The fraction of sp³-hybridized carbons (Fsp3) is 0.316. The normalized spacial score (nSPS) is 15.1. The van der Waals surface area contributed by atoms with Gasteiger partial charge in [-0.25, -0.2) is 8.42 Å². The minimum Gasteiger partial charge on any atom is -0.322 e. The zero-order chi connectivity index (χ0) is 20.5. The summed E-state index contributed by atoms with van der Waals surface area (Å²) < 4.78 is 64.0. The molecule has 1 heterocycles. The lowest BCUT2D eigenvalue weighted by Gasteiger charge is -2.28. The molecule has 0 spiro atoms. The predicted octanol–water partition coefficient (Wildman–Crippen LogP) is 3.67. The van der Waals surface area contributed by atoms with Gasteiger partial charge >= 0.3 is 6.18 Å². The number of anilines is 1. The zero-order valence-corrected chi connectivity index (χ0v) is 15.9. The van der Waals surface area contributed by atoms with Crippen molar-refractivity contribution >= 4 is 21.6 Å². The molecule has 0 saturated heterocycles. The summed E-state index contributed by atoms with van der Waals surface area (Å²) in [6, 6.07) is 9.30. The summed E-state index contributed by atoms with van der Waals surface area (Å²) in [6.07, 6.45) is -3.97. The van der Waals surface area contributed by atoms with Crippen LogP contribution in [0.2, 0.25) is 0 Å². The van der Waals surface area contributed by atoms with Gasteiger partial charge in [-0.1, -0.05) is 12.1 Å². The van der Waals surface area contributed by atoms with E-state index in [1.165, 1.54) is 16.4 Å². The molecule has 1 N–H and O–H groups in total. The number of benzene rings is 2. The summed E-state index contributed by atoms with van der Waals surface area (Å²) in [6.45, 7) is 2.19. The number of carbonyl (C=O) groups is 1. The maximum Gasteiger partial charge on any atom is 0.416 e. The fourth-order valence-corrected chi connectivity index (χ4v) is 4.14. The highest BCUT2D eigenvalue weighted by Crippen LogP contribution is 2.30. The van der Waals surface area contributed by atoms with Gasteiger partial charge in [0.2, 0.25) is 10.0 Å². The van der Waals surface area contributed by atoms with E-state index in [-0.39, 0.29) is 17.9 Å². The molecule has 0 aliphatic carbocycles. The number of fused-ring (bicyclic) bond motifs is 1. The molecule has 0 unspecified atom stereocenters. The molecule has 1 aliphatic heterocycles. The standard InChI is InChI=1S/C19H19F3N2O3S/c1-2-28(26,27)24-9-8-13-6-7-17(11-15(13)12-24)23-18(25)14-4-3-5-16(10-14)19(20,21)22/h3-7,10-11H,2,8-9,12H2,1H3,(H,23,25). The summed E-state index contributed by atoms with van der Waals surface area (Å²) in [5.41, 5.74) is 1.15. The molecule has 0 atom stereocenters. The van der Waals surface area contributed by atoms with Gasteiger partial charge in [0.15, 0.2) is 0 Å². The zero-order valence-electron chi connectivity index (χ0n) is 15.1. The Hall–Kier alpha value is -2.39. The third kappa shape index (κ3) is 4.36. The van der Waals surface area contributed by atoms with Crippen LogP contribution in [0.25, 0.3) is 0 Å². The summed E-state index contributed by atoms with van der Waals surface area (Å²) in [4.78, 5) is 12.3. The topological polar surface area (TPSA) is 66.5 Å². The number of carbonyl (C=O) groups excluding carboxylic acids is 1. The van der Waals surface area contributed by atoms with E-state index in [1.807, 2.05) is 0 Å². The quantitative estimate of drug-likeness (QED) is 0.833. The Bertz CT molecular complexity index is 1000. The Morgan fingerprint density at radius 2 is 1.89 bits per heavy atom. The number of amides is 1. The van der Waals surface area contributed by atoms with Crippen LogP contribution < -0.4 is 5.32 Å². The average molecular weight is 412 g/mol. The molecule has 0 fully saturated rings. The van der Waals surface area contributed by atoms with Crippen molar-refractivity contribution in [1.29, 1.82) is 0 Å². The highest BCUT2D eigenvalue weighted by molar-refractivity contribution is 7.89. The van der Waals surface area contributed by atoms with Gasteiger partial charge in [0.1, 0.15) is 0 Å². The first-order valence-corrected chi connectivity index (χ1v) is 10.3. The Morgan fingerprint density at radius 3 is 2.57 bits per heavy atom. The number of nitrogens with one attached hydrogen (secondary N) is 1. The number of hydrogen-bond acceptors (Lipinski definition) is 3. The molecule has 3 rings (SSSR count). The molecular formula is C19H19F3N2O3S. The van der Waals surface area contributed by atoms with E-state index in [4.69, 9.17) is 0 Å². The summed E-state index contributed by atoms with van der Waals surface area (Å²) in [5, 5.41) is 2.58. The number of rotatable bonds is 4. The van der Waals surface area contributed by atoms with Gasteiger partial charge in [-0.15, -0.1) is 0 Å². The lowest BCUT2D eigenvalue weighted by atomic mass is 10.0. The molecule has 28 heavy (non-hydrogen) atoms. The highest BCUT2D eigenvalue weighted by Gasteiger charge is 2.31. The van der Waals surface area contributed by atoms with Crippen LogP contribution in [0.3, 0.4) is 0 Å². The van der Waals surface area contributed by atoms with E-state index in [1.54, 1.807) is 25.1 Å². The third-order valence-corrected chi connectivity index (χ3v) is 6.48. The number of nitrogens with zero attached hydrogens (tertiary/aromatic N) is 1. The Balaban J connectivity index is 1.80. The smallest absolute Gasteiger partial charge is 0.322 e. The number of halogens is 3. The van der Waals surface area contributed by atoms with E-state index >= 15 is 0 Å². The molecule has 0 saturated carbocycles. The maximum absolute atomic E-state index is 12.8. The first-order chi connectivity index (χ1) is 13.1. The lowest BCUT2D eigenvalue weighted by molar-refractivity contribution is -0.137. The van der Waals surface area contributed by atoms with Gasteiger partial charge in [-0.2, -0.15) is 17.5 Å². The molecular weight excluding hydrogens is 393 g/mol. The van der Waals surface area contributed by atoms with Crippen molar-refractivity contribution in [3.05, 3.63) is 64.7 Å². The molecule has 2 aromatic rings. The van der Waals surface area contributed by atoms with Gasteiger partial charge in [0, 0.05) is 24.3 Å². The number of alkyl halides is 3. The van der Waals surface area contributed by atoms with Crippen molar-refractivity contribution in [2.75, 3.05) is 17.6 Å². The first-order valence-electron chi connectivity index (χ1n) is 8.68. The van der Waals surface area contributed by atoms with Crippen molar-refractivity contribution in [3.8, 4) is 0 Å². The van der Waals surface area contributed by atoms with E-state index in [0.717, 1.165) is 23.3 Å². The summed E-state index contributed by atoms with van der Waals surface area (Å²) >= 11 is 0. The van der Waals surface area contributed by atoms with Gasteiger partial charge in [-0.3, -0.25) is 4.79 Å². The van der Waals surface area contributed by atoms with Crippen LogP contribution in [0, 0.1) is 0 Å². The third-order valence-electron chi connectivity index (χ3n) is 4.65. The lowest BCUT2D eigenvalue weighted by Crippen LogP contribution is -2.36. The van der Waals surface area contributed by atoms with Crippen LogP contribution in [0.4, 0.5) is 18.9 Å². The van der Waals surface area contributed by atoms with Gasteiger partial charge in [0.05, 0.1) is 11.3 Å². The van der Waals surface area contributed by atoms with Crippen LogP contribution in [0.15, 0.2) is 42.5 Å². The van der Waals surface area contributed by atoms with Gasteiger partial charge in [-0.05, 0) is 54.8 Å². The fourth-order valence-electron chi connectivity index (χ4n) is 3.07. The van der Waals surface area contributed by atoms with Crippen molar-refractivity contribution in [2.45, 2.75) is 26.1 Å². The minimum absolute atomic E-state index is 0.00824. The van der Waals surface area contributed by atoms with Gasteiger partial charge in [0.25, 0.3) is 5.91 Å². The highest BCUT2D eigenvalue weighted by atomic mass is 32.2. The minimum atomic E-state index is -4.53. The van der Waals surface area contributed by atoms with Crippen LogP contribution >= 0.6 is 0 Å². The van der Waals surface area contributed by atoms with Crippen molar-refractivity contribution in [1.82, 2.24) is 4.31 Å². The Morgan fingerprint density at radius 1 is 1.14 bits per heavy atom. The predicted molar refractivity (Wildman–Crippen MR) is 99.4 cm³/mol. The van der Waals surface area contributed by atoms with Gasteiger partial charge < -0.3 is 5.32 Å². The second-order valence-corrected chi connectivity index (χ2v) is 8.76.